The van der Waals surface area contributed by atoms with Crippen molar-refractivity contribution in [1.82, 2.24) is 20.1 Å². The van der Waals surface area contributed by atoms with Crippen molar-refractivity contribution in [2.45, 2.75) is 26.2 Å². The molecule has 1 heterocycles. The average Bonchev–Trinajstić information content (AvgIpc) is 3.05. The SMILES string of the molecule is CCn1c(CNC(=O)c2cccc(Oc3cccc(C(F)(F)F)c3)c2)n[nH]c1=S. The van der Waals surface area contributed by atoms with Crippen molar-refractivity contribution in [2.75, 3.05) is 0 Å². The topological polar surface area (TPSA) is 71.9 Å². The third-order valence-electron chi connectivity index (χ3n) is 4.05. The standard InChI is InChI=1S/C19H17F3N4O2S/c1-2-26-16(24-25-18(26)29)11-23-17(27)12-5-3-7-14(9-12)28-15-8-4-6-13(10-15)19(20,21)22/h3-10H,2,11H2,1H3,(H,23,27)(H,25,29). The molecule has 2 N–H and O–H groups in total. The molecule has 0 bridgehead atoms. The molecule has 0 saturated heterocycles. The molecule has 0 spiro atoms. The molecule has 0 radical (unpaired) electrons. The van der Waals surface area contributed by atoms with Gasteiger partial charge in [0.15, 0.2) is 10.6 Å². The summed E-state index contributed by atoms with van der Waals surface area (Å²) in [5.41, 5.74) is -0.514. The molecule has 0 atom stereocenters. The first-order valence-electron chi connectivity index (χ1n) is 8.65. The normalized spacial score (nSPS) is 11.3. The number of hydrogen-bond acceptors (Lipinski definition) is 4. The minimum atomic E-state index is -4.46. The maximum absolute atomic E-state index is 12.8. The fourth-order valence-corrected chi connectivity index (χ4v) is 2.93. The lowest BCUT2D eigenvalue weighted by atomic mass is 10.2. The number of alkyl halides is 3. The van der Waals surface area contributed by atoms with E-state index in [9.17, 15) is 18.0 Å². The highest BCUT2D eigenvalue weighted by Gasteiger charge is 2.30. The molecule has 0 unspecified atom stereocenters. The van der Waals surface area contributed by atoms with E-state index >= 15 is 0 Å². The van der Waals surface area contributed by atoms with Gasteiger partial charge in [0.05, 0.1) is 12.1 Å². The van der Waals surface area contributed by atoms with Crippen LogP contribution in [0.4, 0.5) is 13.2 Å². The summed E-state index contributed by atoms with van der Waals surface area (Å²) < 4.78 is 46.2. The lowest BCUT2D eigenvalue weighted by molar-refractivity contribution is -0.137. The van der Waals surface area contributed by atoms with Crippen LogP contribution >= 0.6 is 12.2 Å². The number of nitrogens with one attached hydrogen (secondary N) is 2. The second-order valence-electron chi connectivity index (χ2n) is 6.03. The summed E-state index contributed by atoms with van der Waals surface area (Å²) in [4.78, 5) is 12.4. The molecular formula is C19H17F3N4O2S. The summed E-state index contributed by atoms with van der Waals surface area (Å²) in [5.74, 6) is 0.474. The summed E-state index contributed by atoms with van der Waals surface area (Å²) in [5, 5.41) is 9.47. The van der Waals surface area contributed by atoms with Gasteiger partial charge in [-0.15, -0.1) is 0 Å². The van der Waals surface area contributed by atoms with Crippen LogP contribution in [0.15, 0.2) is 48.5 Å². The van der Waals surface area contributed by atoms with Crippen molar-refractivity contribution in [3.05, 3.63) is 70.3 Å². The Morgan fingerprint density at radius 2 is 1.90 bits per heavy atom. The van der Waals surface area contributed by atoms with Gasteiger partial charge in [0.1, 0.15) is 11.5 Å². The number of rotatable bonds is 6. The summed E-state index contributed by atoms with van der Waals surface area (Å²) in [6, 6.07) is 10.7. The molecule has 3 aromatic rings. The zero-order valence-corrected chi connectivity index (χ0v) is 16.1. The molecule has 3 rings (SSSR count). The van der Waals surface area contributed by atoms with Crippen molar-refractivity contribution in [2.24, 2.45) is 0 Å². The molecule has 1 aromatic heterocycles. The fourth-order valence-electron chi connectivity index (χ4n) is 2.65. The number of nitrogens with zero attached hydrogens (tertiary/aromatic N) is 2. The van der Waals surface area contributed by atoms with Crippen LogP contribution in [0.1, 0.15) is 28.7 Å². The van der Waals surface area contributed by atoms with E-state index in [1.807, 2.05) is 6.92 Å². The first-order valence-corrected chi connectivity index (χ1v) is 9.06. The van der Waals surface area contributed by atoms with Crippen LogP contribution < -0.4 is 10.1 Å². The number of aromatic amines is 1. The van der Waals surface area contributed by atoms with Crippen LogP contribution in [0, 0.1) is 4.77 Å². The van der Waals surface area contributed by atoms with Crippen molar-refractivity contribution < 1.29 is 22.7 Å². The predicted octanol–water partition coefficient (Wildman–Crippen LogP) is 4.70. The van der Waals surface area contributed by atoms with E-state index < -0.39 is 11.7 Å². The first-order chi connectivity index (χ1) is 13.8. The van der Waals surface area contributed by atoms with Crippen LogP contribution in [0.5, 0.6) is 11.5 Å². The summed E-state index contributed by atoms with van der Waals surface area (Å²) >= 11 is 5.10. The fraction of sp³-hybridized carbons (Fsp3) is 0.211. The number of amides is 1. The highest BCUT2D eigenvalue weighted by atomic mass is 32.1. The average molecular weight is 422 g/mol. The zero-order chi connectivity index (χ0) is 21.0. The Hall–Kier alpha value is -3.14. The van der Waals surface area contributed by atoms with Gasteiger partial charge in [-0.05, 0) is 55.5 Å². The molecule has 0 aliphatic carbocycles. The van der Waals surface area contributed by atoms with E-state index in [0.717, 1.165) is 12.1 Å². The van der Waals surface area contributed by atoms with Gasteiger partial charge in [0.25, 0.3) is 5.91 Å². The van der Waals surface area contributed by atoms with E-state index in [-0.39, 0.29) is 24.0 Å². The highest BCUT2D eigenvalue weighted by Crippen LogP contribution is 2.32. The number of aromatic nitrogens is 3. The van der Waals surface area contributed by atoms with E-state index in [1.54, 1.807) is 22.8 Å². The maximum atomic E-state index is 12.8. The van der Waals surface area contributed by atoms with E-state index in [4.69, 9.17) is 17.0 Å². The number of carbonyl (C=O) groups is 1. The number of hydrogen-bond donors (Lipinski definition) is 2. The van der Waals surface area contributed by atoms with Crippen molar-refractivity contribution in [3.8, 4) is 11.5 Å². The molecule has 1 amide bonds. The molecule has 2 aromatic carbocycles. The third-order valence-corrected chi connectivity index (χ3v) is 4.37. The summed E-state index contributed by atoms with van der Waals surface area (Å²) in [7, 11) is 0. The highest BCUT2D eigenvalue weighted by molar-refractivity contribution is 7.71. The van der Waals surface area contributed by atoms with Crippen molar-refractivity contribution in [3.63, 3.8) is 0 Å². The Kier molecular flexibility index (Phi) is 6.02. The van der Waals surface area contributed by atoms with Crippen molar-refractivity contribution >= 4 is 18.1 Å². The zero-order valence-electron chi connectivity index (χ0n) is 15.3. The summed E-state index contributed by atoms with van der Waals surface area (Å²) in [6.45, 7) is 2.69. The number of benzene rings is 2. The second kappa shape index (κ2) is 8.48. The maximum Gasteiger partial charge on any atom is 0.416 e. The van der Waals surface area contributed by atoms with Gasteiger partial charge >= 0.3 is 6.18 Å². The van der Waals surface area contributed by atoms with Crippen LogP contribution in [-0.2, 0) is 19.3 Å². The minimum Gasteiger partial charge on any atom is -0.457 e. The molecule has 0 fully saturated rings. The van der Waals surface area contributed by atoms with Crippen LogP contribution in [-0.4, -0.2) is 20.7 Å². The Balaban J connectivity index is 1.70. The smallest absolute Gasteiger partial charge is 0.416 e. The van der Waals surface area contributed by atoms with Gasteiger partial charge in [-0.2, -0.15) is 18.3 Å². The van der Waals surface area contributed by atoms with Gasteiger partial charge in [-0.3, -0.25) is 9.89 Å². The Morgan fingerprint density at radius 3 is 2.59 bits per heavy atom. The third kappa shape index (κ3) is 5.02. The van der Waals surface area contributed by atoms with Crippen LogP contribution in [0.25, 0.3) is 0 Å². The number of H-pyrrole nitrogens is 1. The van der Waals surface area contributed by atoms with Crippen LogP contribution in [0.2, 0.25) is 0 Å². The second-order valence-corrected chi connectivity index (χ2v) is 6.41. The Bertz CT molecular complexity index is 1080. The monoisotopic (exact) mass is 422 g/mol. The number of carbonyl (C=O) groups excluding carboxylic acids is 1. The lowest BCUT2D eigenvalue weighted by Crippen LogP contribution is -2.24. The van der Waals surface area contributed by atoms with Gasteiger partial charge in [0, 0.05) is 12.1 Å². The summed E-state index contributed by atoms with van der Waals surface area (Å²) in [6.07, 6.45) is -4.46. The largest absolute Gasteiger partial charge is 0.457 e. The Labute approximate surface area is 169 Å². The molecule has 6 nitrogen and oxygen atoms in total. The van der Waals surface area contributed by atoms with Gasteiger partial charge in [0.2, 0.25) is 0 Å². The molecule has 0 aliphatic heterocycles. The van der Waals surface area contributed by atoms with Gasteiger partial charge in [-0.1, -0.05) is 12.1 Å². The van der Waals surface area contributed by atoms with E-state index in [1.165, 1.54) is 18.2 Å². The number of halogens is 3. The number of ether oxygens (including phenoxy) is 1. The van der Waals surface area contributed by atoms with Gasteiger partial charge in [-0.25, -0.2) is 0 Å². The molecule has 29 heavy (non-hydrogen) atoms. The lowest BCUT2D eigenvalue weighted by Gasteiger charge is -2.11. The molecular weight excluding hydrogens is 405 g/mol. The molecule has 0 aliphatic rings. The van der Waals surface area contributed by atoms with E-state index in [2.05, 4.69) is 15.5 Å². The molecule has 152 valence electrons. The minimum absolute atomic E-state index is 0.0240. The predicted molar refractivity (Wildman–Crippen MR) is 102 cm³/mol. The molecule has 0 saturated carbocycles. The quantitative estimate of drug-likeness (QED) is 0.565. The van der Waals surface area contributed by atoms with Gasteiger partial charge < -0.3 is 14.6 Å². The molecule has 10 heteroatoms. The van der Waals surface area contributed by atoms with E-state index in [0.29, 0.717) is 22.7 Å². The van der Waals surface area contributed by atoms with Crippen molar-refractivity contribution in [1.29, 1.82) is 0 Å². The Morgan fingerprint density at radius 1 is 1.21 bits per heavy atom. The van der Waals surface area contributed by atoms with Crippen LogP contribution in [0.3, 0.4) is 0 Å². The first kappa shape index (κ1) is 20.6.